The average Bonchev–Trinajstić information content (AvgIpc) is 3.12. The van der Waals surface area contributed by atoms with Gasteiger partial charge < -0.3 is 19.8 Å². The van der Waals surface area contributed by atoms with Gasteiger partial charge in [-0.1, -0.05) is 166 Å². The van der Waals surface area contributed by atoms with Crippen LogP contribution in [-0.4, -0.2) is 73.4 Å². The molecule has 3 N–H and O–H groups in total. The summed E-state index contributed by atoms with van der Waals surface area (Å²) in [6.07, 6.45) is 45.2. The van der Waals surface area contributed by atoms with E-state index in [4.69, 9.17) is 9.05 Å². The molecule has 54 heavy (non-hydrogen) atoms. The molecular formula is C45H88N2O6P+. The Morgan fingerprint density at radius 3 is 1.52 bits per heavy atom. The summed E-state index contributed by atoms with van der Waals surface area (Å²) in [7, 11) is 1.55. The zero-order chi connectivity index (χ0) is 40.0. The van der Waals surface area contributed by atoms with Gasteiger partial charge in [0.25, 0.3) is 0 Å². The maximum atomic E-state index is 12.8. The van der Waals surface area contributed by atoms with E-state index in [1.807, 2.05) is 27.2 Å². The van der Waals surface area contributed by atoms with Crippen molar-refractivity contribution >= 4 is 13.7 Å². The molecule has 0 aliphatic heterocycles. The average molecular weight is 784 g/mol. The van der Waals surface area contributed by atoms with E-state index in [1.165, 1.54) is 135 Å². The second-order valence-electron chi connectivity index (χ2n) is 16.4. The number of allylic oxidation sites excluding steroid dienone is 5. The van der Waals surface area contributed by atoms with Gasteiger partial charge in [-0.25, -0.2) is 4.57 Å². The number of quaternary nitrogens is 1. The van der Waals surface area contributed by atoms with Gasteiger partial charge in [-0.2, -0.15) is 0 Å². The number of phosphoric ester groups is 1. The SMILES string of the molecule is CCCCC/C=C/CC/C=C/C(O)C(COP(=O)(O)OCC[N+](C)(C)C)NC(=O)CCCCCCCCC/C=C\CCCCCCCCCCCCCC. The third-order valence-corrected chi connectivity index (χ3v) is 10.8. The number of nitrogens with zero attached hydrogens (tertiary/aromatic N) is 1. The zero-order valence-electron chi connectivity index (χ0n) is 36.0. The summed E-state index contributed by atoms with van der Waals surface area (Å²) in [6.45, 7) is 4.73. The summed E-state index contributed by atoms with van der Waals surface area (Å²) in [5.74, 6) is -0.194. The summed E-state index contributed by atoms with van der Waals surface area (Å²) >= 11 is 0. The number of hydrogen-bond acceptors (Lipinski definition) is 5. The molecule has 0 bridgehead atoms. The molecule has 9 heteroatoms. The quantitative estimate of drug-likeness (QED) is 0.0247. The first kappa shape index (κ1) is 52.7. The Balaban J connectivity index is 4.23. The van der Waals surface area contributed by atoms with Crippen molar-refractivity contribution < 1.29 is 32.9 Å². The Bertz CT molecular complexity index is 980. The van der Waals surface area contributed by atoms with Crippen LogP contribution in [0, 0.1) is 0 Å². The minimum absolute atomic E-state index is 0.0549. The number of carbonyl (C=O) groups excluding carboxylic acids is 1. The van der Waals surface area contributed by atoms with Crippen molar-refractivity contribution in [3.63, 3.8) is 0 Å². The van der Waals surface area contributed by atoms with E-state index in [1.54, 1.807) is 6.08 Å². The number of hydrogen-bond donors (Lipinski definition) is 3. The van der Waals surface area contributed by atoms with Crippen molar-refractivity contribution in [2.45, 2.75) is 206 Å². The lowest BCUT2D eigenvalue weighted by atomic mass is 10.0. The first-order valence-corrected chi connectivity index (χ1v) is 23.9. The van der Waals surface area contributed by atoms with E-state index in [2.05, 4.69) is 43.5 Å². The van der Waals surface area contributed by atoms with E-state index >= 15 is 0 Å². The van der Waals surface area contributed by atoms with Gasteiger partial charge in [0, 0.05) is 6.42 Å². The van der Waals surface area contributed by atoms with Gasteiger partial charge >= 0.3 is 7.82 Å². The van der Waals surface area contributed by atoms with Gasteiger partial charge in [-0.15, -0.1) is 0 Å². The highest BCUT2D eigenvalue weighted by molar-refractivity contribution is 7.47. The van der Waals surface area contributed by atoms with Crippen LogP contribution in [0.25, 0.3) is 0 Å². The number of unbranched alkanes of at least 4 members (excludes halogenated alkanes) is 23. The second kappa shape index (κ2) is 37.3. The van der Waals surface area contributed by atoms with Gasteiger partial charge in [-0.3, -0.25) is 13.8 Å². The van der Waals surface area contributed by atoms with Crippen molar-refractivity contribution in [2.75, 3.05) is 40.9 Å². The molecule has 0 aliphatic rings. The predicted molar refractivity (Wildman–Crippen MR) is 231 cm³/mol. The third-order valence-electron chi connectivity index (χ3n) is 9.83. The van der Waals surface area contributed by atoms with E-state index in [0.29, 0.717) is 17.4 Å². The molecule has 1 amide bonds. The third kappa shape index (κ3) is 39.0. The molecule has 0 aromatic rings. The predicted octanol–water partition coefficient (Wildman–Crippen LogP) is 12.3. The lowest BCUT2D eigenvalue weighted by molar-refractivity contribution is -0.870. The maximum Gasteiger partial charge on any atom is 0.472 e. The molecule has 0 fully saturated rings. The van der Waals surface area contributed by atoms with Crippen molar-refractivity contribution in [3.05, 3.63) is 36.5 Å². The largest absolute Gasteiger partial charge is 0.472 e. The van der Waals surface area contributed by atoms with Crippen LogP contribution >= 0.6 is 7.82 Å². The van der Waals surface area contributed by atoms with Gasteiger partial charge in [-0.05, 0) is 57.8 Å². The fourth-order valence-corrected chi connectivity index (χ4v) is 6.96. The van der Waals surface area contributed by atoms with Gasteiger partial charge in [0.2, 0.25) is 5.91 Å². The van der Waals surface area contributed by atoms with Crippen molar-refractivity contribution in [2.24, 2.45) is 0 Å². The minimum atomic E-state index is -4.34. The molecule has 0 saturated carbocycles. The van der Waals surface area contributed by atoms with Crippen LogP contribution in [0.3, 0.4) is 0 Å². The number of nitrogens with one attached hydrogen (secondary N) is 1. The van der Waals surface area contributed by atoms with Gasteiger partial charge in [0.05, 0.1) is 39.9 Å². The smallest absolute Gasteiger partial charge is 0.387 e. The lowest BCUT2D eigenvalue weighted by Crippen LogP contribution is -2.45. The lowest BCUT2D eigenvalue weighted by Gasteiger charge is -2.25. The van der Waals surface area contributed by atoms with E-state index in [-0.39, 0.29) is 19.1 Å². The van der Waals surface area contributed by atoms with E-state index in [0.717, 1.165) is 38.5 Å². The number of amides is 1. The van der Waals surface area contributed by atoms with Crippen molar-refractivity contribution in [3.8, 4) is 0 Å². The molecule has 3 atom stereocenters. The summed E-state index contributed by atoms with van der Waals surface area (Å²) in [5, 5.41) is 13.7. The number of likely N-dealkylation sites (N-methyl/N-ethyl adjacent to an activating group) is 1. The highest BCUT2D eigenvalue weighted by atomic mass is 31.2. The highest BCUT2D eigenvalue weighted by Crippen LogP contribution is 2.43. The molecular weight excluding hydrogens is 695 g/mol. The summed E-state index contributed by atoms with van der Waals surface area (Å²) < 4.78 is 23.4. The molecule has 0 saturated heterocycles. The first-order chi connectivity index (χ1) is 26.0. The number of phosphoric acid groups is 1. The van der Waals surface area contributed by atoms with Crippen LogP contribution in [0.1, 0.15) is 194 Å². The topological polar surface area (TPSA) is 105 Å². The van der Waals surface area contributed by atoms with Crippen LogP contribution in [0.4, 0.5) is 0 Å². The monoisotopic (exact) mass is 784 g/mol. The Morgan fingerprint density at radius 1 is 0.611 bits per heavy atom. The van der Waals surface area contributed by atoms with Crippen molar-refractivity contribution in [1.29, 1.82) is 0 Å². The molecule has 0 rings (SSSR count). The van der Waals surface area contributed by atoms with Crippen LogP contribution in [-0.2, 0) is 18.4 Å². The molecule has 0 aromatic carbocycles. The Hall–Kier alpha value is -1.28. The van der Waals surface area contributed by atoms with Crippen LogP contribution in [0.5, 0.6) is 0 Å². The van der Waals surface area contributed by atoms with E-state index in [9.17, 15) is 19.4 Å². The van der Waals surface area contributed by atoms with Gasteiger partial charge in [0.15, 0.2) is 0 Å². The Labute approximate surface area is 334 Å². The number of aliphatic hydroxyl groups is 1. The molecule has 0 aliphatic carbocycles. The molecule has 8 nitrogen and oxygen atoms in total. The summed E-state index contributed by atoms with van der Waals surface area (Å²) in [5.41, 5.74) is 0. The number of rotatable bonds is 40. The molecule has 0 spiro atoms. The normalized spacial score (nSPS) is 14.7. The first-order valence-electron chi connectivity index (χ1n) is 22.4. The maximum absolute atomic E-state index is 12.8. The molecule has 0 radical (unpaired) electrons. The van der Waals surface area contributed by atoms with E-state index < -0.39 is 20.0 Å². The molecule has 318 valence electrons. The number of carbonyl (C=O) groups is 1. The number of aliphatic hydroxyl groups excluding tert-OH is 1. The zero-order valence-corrected chi connectivity index (χ0v) is 36.9. The second-order valence-corrected chi connectivity index (χ2v) is 17.9. The minimum Gasteiger partial charge on any atom is -0.387 e. The summed E-state index contributed by atoms with van der Waals surface area (Å²) in [6, 6.07) is -0.862. The fraction of sp³-hybridized carbons (Fsp3) is 0.844. The van der Waals surface area contributed by atoms with Crippen LogP contribution < -0.4 is 5.32 Å². The Kier molecular flexibility index (Phi) is 36.4. The van der Waals surface area contributed by atoms with Crippen molar-refractivity contribution in [1.82, 2.24) is 5.32 Å². The van der Waals surface area contributed by atoms with Gasteiger partial charge in [0.1, 0.15) is 13.2 Å². The van der Waals surface area contributed by atoms with Crippen LogP contribution in [0.15, 0.2) is 36.5 Å². The highest BCUT2D eigenvalue weighted by Gasteiger charge is 2.27. The van der Waals surface area contributed by atoms with Crippen LogP contribution in [0.2, 0.25) is 0 Å². The molecule has 0 aromatic heterocycles. The molecule has 3 unspecified atom stereocenters. The standard InChI is InChI=1S/C45H87N2O6P/c1-6-8-10-12-14-16-17-18-19-20-21-22-23-24-25-26-27-28-29-31-33-35-37-39-45(49)46-43(42-53-54(50,51)52-41-40-47(3,4)5)44(48)38-36-34-32-30-15-13-11-9-7-2/h15,24-25,30,36,38,43-44,48H,6-14,16-23,26-29,31-35,37,39-42H2,1-5H3,(H-,46,49,50,51)/p+1/b25-24-,30-15+,38-36+. The summed E-state index contributed by atoms with van der Waals surface area (Å²) in [4.78, 5) is 23.0. The fourth-order valence-electron chi connectivity index (χ4n) is 6.23. The molecule has 0 heterocycles. The Morgan fingerprint density at radius 2 is 1.02 bits per heavy atom.